The highest BCUT2D eigenvalue weighted by atomic mass is 35.5. The van der Waals surface area contributed by atoms with Crippen LogP contribution in [0.5, 0.6) is 0 Å². The van der Waals surface area contributed by atoms with Gasteiger partial charge in [0.2, 0.25) is 11.8 Å². The van der Waals surface area contributed by atoms with Gasteiger partial charge in [0.1, 0.15) is 0 Å². The Hall–Kier alpha value is -2.12. The summed E-state index contributed by atoms with van der Waals surface area (Å²) >= 11 is 0. The van der Waals surface area contributed by atoms with Crippen molar-refractivity contribution in [1.29, 1.82) is 0 Å². The Morgan fingerprint density at radius 3 is 2.57 bits per heavy atom. The van der Waals surface area contributed by atoms with Crippen LogP contribution in [-0.2, 0) is 14.3 Å². The summed E-state index contributed by atoms with van der Waals surface area (Å²) < 4.78 is 4.86. The molecule has 0 unspecified atom stereocenters. The lowest BCUT2D eigenvalue weighted by Gasteiger charge is -2.08. The zero-order valence-corrected chi connectivity index (χ0v) is 12.4. The van der Waals surface area contributed by atoms with Gasteiger partial charge in [0.25, 0.3) is 0 Å². The topological polar surface area (TPSA) is 111 Å². The molecule has 0 saturated heterocycles. The molecule has 1 aromatic carbocycles. The van der Waals surface area contributed by atoms with Crippen LogP contribution in [-0.4, -0.2) is 37.5 Å². The minimum Gasteiger partial charge on any atom is -0.462 e. The van der Waals surface area contributed by atoms with Crippen LogP contribution in [0.15, 0.2) is 24.3 Å². The summed E-state index contributed by atoms with van der Waals surface area (Å²) in [6, 6.07) is 6.34. The van der Waals surface area contributed by atoms with E-state index >= 15 is 0 Å². The number of amides is 2. The number of hydrogen-bond donors (Lipinski definition) is 3. The molecular formula is C13H18ClN3O4. The van der Waals surface area contributed by atoms with Crippen molar-refractivity contribution in [1.82, 2.24) is 5.32 Å². The van der Waals surface area contributed by atoms with Crippen LogP contribution >= 0.6 is 12.4 Å². The summed E-state index contributed by atoms with van der Waals surface area (Å²) in [5.41, 5.74) is 5.89. The number of hydrogen-bond acceptors (Lipinski definition) is 5. The van der Waals surface area contributed by atoms with Gasteiger partial charge in [0.05, 0.1) is 25.3 Å². The lowest BCUT2D eigenvalue weighted by molar-refractivity contribution is -0.123. The first-order chi connectivity index (χ1) is 9.56. The van der Waals surface area contributed by atoms with Gasteiger partial charge in [-0.1, -0.05) is 6.07 Å². The Balaban J connectivity index is 0.00000400. The minimum absolute atomic E-state index is 0. The van der Waals surface area contributed by atoms with Gasteiger partial charge >= 0.3 is 5.97 Å². The van der Waals surface area contributed by atoms with Crippen molar-refractivity contribution in [2.75, 3.05) is 25.0 Å². The Labute approximate surface area is 128 Å². The van der Waals surface area contributed by atoms with E-state index in [2.05, 4.69) is 10.6 Å². The second kappa shape index (κ2) is 9.73. The van der Waals surface area contributed by atoms with Gasteiger partial charge in [-0.15, -0.1) is 12.4 Å². The average Bonchev–Trinajstić information content (AvgIpc) is 2.45. The number of carbonyl (C=O) groups excluding carboxylic acids is 3. The summed E-state index contributed by atoms with van der Waals surface area (Å²) in [5, 5.41) is 4.90. The van der Waals surface area contributed by atoms with Gasteiger partial charge in [-0.25, -0.2) is 4.79 Å². The standard InChI is InChI=1S/C13H17N3O4.ClH/c1-2-20-13(19)9-4-3-5-10(6-9)16-12(18)8-15-11(17)7-14;/h3-6H,2,7-8,14H2,1H3,(H,15,17)(H,16,18);1H. The van der Waals surface area contributed by atoms with E-state index in [0.29, 0.717) is 11.3 Å². The fourth-order valence-corrected chi connectivity index (χ4v) is 1.39. The molecule has 1 rings (SSSR count). The molecule has 0 aliphatic carbocycles. The molecule has 0 aliphatic rings. The van der Waals surface area contributed by atoms with E-state index in [1.807, 2.05) is 0 Å². The molecule has 0 radical (unpaired) electrons. The minimum atomic E-state index is -0.458. The van der Waals surface area contributed by atoms with Crippen LogP contribution in [0.4, 0.5) is 5.69 Å². The molecule has 2 amide bonds. The maximum atomic E-state index is 11.6. The van der Waals surface area contributed by atoms with E-state index in [4.69, 9.17) is 10.5 Å². The van der Waals surface area contributed by atoms with Gasteiger partial charge < -0.3 is 21.1 Å². The maximum absolute atomic E-state index is 11.6. The van der Waals surface area contributed by atoms with Crippen LogP contribution in [0, 0.1) is 0 Å². The molecule has 0 fully saturated rings. The average molecular weight is 316 g/mol. The second-order valence-corrected chi connectivity index (χ2v) is 3.83. The molecule has 4 N–H and O–H groups in total. The highest BCUT2D eigenvalue weighted by Gasteiger charge is 2.09. The number of anilines is 1. The number of nitrogens with one attached hydrogen (secondary N) is 2. The monoisotopic (exact) mass is 315 g/mol. The molecule has 0 aliphatic heterocycles. The Kier molecular flexibility index (Phi) is 8.75. The normalized spacial score (nSPS) is 9.24. The first-order valence-electron chi connectivity index (χ1n) is 6.10. The summed E-state index contributed by atoms with van der Waals surface area (Å²) in [5.74, 6) is -1.28. The number of ether oxygens (including phenoxy) is 1. The number of esters is 1. The SMILES string of the molecule is CCOC(=O)c1cccc(NC(=O)CNC(=O)CN)c1.Cl. The van der Waals surface area contributed by atoms with Crippen LogP contribution < -0.4 is 16.4 Å². The molecule has 0 aromatic heterocycles. The first-order valence-corrected chi connectivity index (χ1v) is 6.10. The maximum Gasteiger partial charge on any atom is 0.338 e. The molecule has 1 aromatic rings. The third-order valence-electron chi connectivity index (χ3n) is 2.29. The van der Waals surface area contributed by atoms with E-state index < -0.39 is 17.8 Å². The third kappa shape index (κ3) is 6.73. The molecule has 0 bridgehead atoms. The van der Waals surface area contributed by atoms with E-state index in [1.165, 1.54) is 6.07 Å². The number of rotatable bonds is 6. The van der Waals surface area contributed by atoms with Crippen molar-refractivity contribution in [3.8, 4) is 0 Å². The first kappa shape index (κ1) is 18.9. The highest BCUT2D eigenvalue weighted by molar-refractivity contribution is 5.96. The van der Waals surface area contributed by atoms with Crippen molar-refractivity contribution in [2.45, 2.75) is 6.92 Å². The van der Waals surface area contributed by atoms with Crippen molar-refractivity contribution in [2.24, 2.45) is 5.73 Å². The zero-order valence-electron chi connectivity index (χ0n) is 11.5. The van der Waals surface area contributed by atoms with Crippen LogP contribution in [0.25, 0.3) is 0 Å². The molecular weight excluding hydrogens is 298 g/mol. The predicted molar refractivity (Wildman–Crippen MR) is 80.3 cm³/mol. The van der Waals surface area contributed by atoms with Crippen molar-refractivity contribution in [3.63, 3.8) is 0 Å². The van der Waals surface area contributed by atoms with E-state index in [9.17, 15) is 14.4 Å². The van der Waals surface area contributed by atoms with E-state index in [0.717, 1.165) is 0 Å². The summed E-state index contributed by atoms with van der Waals surface area (Å²) in [6.07, 6.45) is 0. The lowest BCUT2D eigenvalue weighted by Crippen LogP contribution is -2.36. The number of nitrogens with two attached hydrogens (primary N) is 1. The summed E-state index contributed by atoms with van der Waals surface area (Å²) in [4.78, 5) is 34.0. The molecule has 21 heavy (non-hydrogen) atoms. The quantitative estimate of drug-likeness (QED) is 0.654. The van der Waals surface area contributed by atoms with E-state index in [1.54, 1.807) is 25.1 Å². The fraction of sp³-hybridized carbons (Fsp3) is 0.308. The second-order valence-electron chi connectivity index (χ2n) is 3.83. The number of halogens is 1. The fourth-order valence-electron chi connectivity index (χ4n) is 1.39. The Bertz CT molecular complexity index is 508. The summed E-state index contributed by atoms with van der Waals surface area (Å²) in [6.45, 7) is 1.63. The molecule has 0 spiro atoms. The predicted octanol–water partition coefficient (Wildman–Crippen LogP) is 0.299. The van der Waals surface area contributed by atoms with Crippen molar-refractivity contribution < 1.29 is 19.1 Å². The molecule has 0 heterocycles. The zero-order chi connectivity index (χ0) is 15.0. The van der Waals surface area contributed by atoms with Crippen LogP contribution in [0.2, 0.25) is 0 Å². The lowest BCUT2D eigenvalue weighted by atomic mass is 10.2. The van der Waals surface area contributed by atoms with Gasteiger partial charge in [0.15, 0.2) is 0 Å². The van der Waals surface area contributed by atoms with Gasteiger partial charge in [0, 0.05) is 5.69 Å². The highest BCUT2D eigenvalue weighted by Crippen LogP contribution is 2.11. The summed E-state index contributed by atoms with van der Waals surface area (Å²) in [7, 11) is 0. The number of benzene rings is 1. The molecule has 116 valence electrons. The Morgan fingerprint density at radius 2 is 1.95 bits per heavy atom. The Morgan fingerprint density at radius 1 is 1.24 bits per heavy atom. The third-order valence-corrected chi connectivity index (χ3v) is 2.29. The van der Waals surface area contributed by atoms with Gasteiger partial charge in [-0.3, -0.25) is 9.59 Å². The van der Waals surface area contributed by atoms with E-state index in [-0.39, 0.29) is 32.1 Å². The van der Waals surface area contributed by atoms with Crippen molar-refractivity contribution in [3.05, 3.63) is 29.8 Å². The van der Waals surface area contributed by atoms with Gasteiger partial charge in [-0.05, 0) is 25.1 Å². The molecule has 0 saturated carbocycles. The van der Waals surface area contributed by atoms with Crippen molar-refractivity contribution >= 4 is 35.9 Å². The number of carbonyl (C=O) groups is 3. The van der Waals surface area contributed by atoms with Crippen LogP contribution in [0.3, 0.4) is 0 Å². The largest absolute Gasteiger partial charge is 0.462 e. The smallest absolute Gasteiger partial charge is 0.338 e. The van der Waals surface area contributed by atoms with Gasteiger partial charge in [-0.2, -0.15) is 0 Å². The molecule has 8 heteroatoms. The molecule has 7 nitrogen and oxygen atoms in total. The van der Waals surface area contributed by atoms with Crippen LogP contribution in [0.1, 0.15) is 17.3 Å². The molecule has 0 atom stereocenters.